The Morgan fingerprint density at radius 3 is 2.92 bits per heavy atom. The lowest BCUT2D eigenvalue weighted by atomic mass is 10.1. The standard InChI is InChI=1S/C19H25N3OS/c23-19(16-4-5-18-15(12-16)6-7-20-18)22-10-3-11-24-14-17(22)13-21-8-1-2-9-21/h4-7,12,17,20H,1-3,8-11,13-14H2/t17-/m0/s1. The van der Waals surface area contributed by atoms with E-state index in [9.17, 15) is 4.79 Å². The Balaban J connectivity index is 1.56. The Labute approximate surface area is 147 Å². The molecular formula is C19H25N3OS. The van der Waals surface area contributed by atoms with Gasteiger partial charge in [-0.3, -0.25) is 4.79 Å². The minimum atomic E-state index is 0.199. The van der Waals surface area contributed by atoms with Gasteiger partial charge in [0.05, 0.1) is 6.04 Å². The van der Waals surface area contributed by atoms with E-state index in [1.165, 1.54) is 25.9 Å². The average Bonchev–Trinajstić information content (AvgIpc) is 3.22. The summed E-state index contributed by atoms with van der Waals surface area (Å²) < 4.78 is 0. The molecule has 1 aromatic heterocycles. The van der Waals surface area contributed by atoms with Crippen molar-refractivity contribution in [2.24, 2.45) is 0 Å². The van der Waals surface area contributed by atoms with Gasteiger partial charge in [-0.25, -0.2) is 0 Å². The molecule has 3 heterocycles. The van der Waals surface area contributed by atoms with E-state index in [2.05, 4.69) is 14.8 Å². The molecule has 128 valence electrons. The fraction of sp³-hybridized carbons (Fsp3) is 0.526. The number of fused-ring (bicyclic) bond motifs is 1. The molecular weight excluding hydrogens is 318 g/mol. The van der Waals surface area contributed by atoms with E-state index in [0.717, 1.165) is 47.5 Å². The molecule has 0 aliphatic carbocycles. The highest BCUT2D eigenvalue weighted by Crippen LogP contribution is 2.22. The van der Waals surface area contributed by atoms with Crippen LogP contribution in [0, 0.1) is 0 Å². The Hall–Kier alpha value is -1.46. The van der Waals surface area contributed by atoms with Crippen LogP contribution in [0.1, 0.15) is 29.6 Å². The lowest BCUT2D eigenvalue weighted by Gasteiger charge is -2.32. The summed E-state index contributed by atoms with van der Waals surface area (Å²) in [5.41, 5.74) is 1.91. The first-order valence-electron chi connectivity index (χ1n) is 8.99. The van der Waals surface area contributed by atoms with Crippen molar-refractivity contribution in [2.45, 2.75) is 25.3 Å². The second kappa shape index (κ2) is 7.19. The second-order valence-electron chi connectivity index (χ2n) is 6.87. The van der Waals surface area contributed by atoms with Crippen LogP contribution in [0.5, 0.6) is 0 Å². The van der Waals surface area contributed by atoms with Gasteiger partial charge in [-0.15, -0.1) is 0 Å². The smallest absolute Gasteiger partial charge is 0.254 e. The number of aromatic nitrogens is 1. The van der Waals surface area contributed by atoms with Crippen LogP contribution in [0.25, 0.3) is 10.9 Å². The van der Waals surface area contributed by atoms with Gasteiger partial charge in [0.1, 0.15) is 0 Å². The number of nitrogens with one attached hydrogen (secondary N) is 1. The van der Waals surface area contributed by atoms with Crippen molar-refractivity contribution in [3.05, 3.63) is 36.0 Å². The number of amides is 1. The van der Waals surface area contributed by atoms with Crippen LogP contribution in [0.4, 0.5) is 0 Å². The van der Waals surface area contributed by atoms with E-state index in [-0.39, 0.29) is 5.91 Å². The normalized spacial score (nSPS) is 22.8. The molecule has 0 bridgehead atoms. The lowest BCUT2D eigenvalue weighted by molar-refractivity contribution is 0.0667. The third-order valence-electron chi connectivity index (χ3n) is 5.17. The van der Waals surface area contributed by atoms with E-state index in [0.29, 0.717) is 6.04 Å². The maximum Gasteiger partial charge on any atom is 0.254 e. The molecule has 1 atom stereocenters. The summed E-state index contributed by atoms with van der Waals surface area (Å²) in [5, 5.41) is 1.11. The molecule has 4 rings (SSSR count). The largest absolute Gasteiger partial charge is 0.361 e. The van der Waals surface area contributed by atoms with E-state index in [1.807, 2.05) is 42.2 Å². The van der Waals surface area contributed by atoms with Gasteiger partial charge in [-0.2, -0.15) is 11.8 Å². The number of H-pyrrole nitrogens is 1. The number of likely N-dealkylation sites (tertiary alicyclic amines) is 1. The van der Waals surface area contributed by atoms with Gasteiger partial charge in [-0.1, -0.05) is 0 Å². The predicted octanol–water partition coefficient (Wildman–Crippen LogP) is 3.21. The van der Waals surface area contributed by atoms with Crippen LogP contribution >= 0.6 is 11.8 Å². The van der Waals surface area contributed by atoms with E-state index in [1.54, 1.807) is 0 Å². The number of carbonyl (C=O) groups is 1. The third-order valence-corrected chi connectivity index (χ3v) is 6.37. The first kappa shape index (κ1) is 16.0. The highest BCUT2D eigenvalue weighted by atomic mass is 32.2. The van der Waals surface area contributed by atoms with Crippen molar-refractivity contribution in [2.75, 3.05) is 37.7 Å². The molecule has 2 aromatic rings. The van der Waals surface area contributed by atoms with Crippen LogP contribution < -0.4 is 0 Å². The third kappa shape index (κ3) is 3.33. The molecule has 1 aromatic carbocycles. The average molecular weight is 343 g/mol. The number of hydrogen-bond donors (Lipinski definition) is 1. The summed E-state index contributed by atoms with van der Waals surface area (Å²) in [6.45, 7) is 4.30. The molecule has 0 spiro atoms. The monoisotopic (exact) mass is 343 g/mol. The summed E-state index contributed by atoms with van der Waals surface area (Å²) in [7, 11) is 0. The molecule has 0 unspecified atom stereocenters. The summed E-state index contributed by atoms with van der Waals surface area (Å²) in [6, 6.07) is 8.38. The molecule has 2 saturated heterocycles. The fourth-order valence-corrected chi connectivity index (χ4v) is 4.92. The Morgan fingerprint density at radius 1 is 1.17 bits per heavy atom. The molecule has 24 heavy (non-hydrogen) atoms. The van der Waals surface area contributed by atoms with Gasteiger partial charge in [0.15, 0.2) is 0 Å². The number of hydrogen-bond acceptors (Lipinski definition) is 3. The van der Waals surface area contributed by atoms with Crippen LogP contribution in [0.15, 0.2) is 30.5 Å². The maximum absolute atomic E-state index is 13.2. The molecule has 2 aliphatic heterocycles. The van der Waals surface area contributed by atoms with Gasteiger partial charge >= 0.3 is 0 Å². The summed E-state index contributed by atoms with van der Waals surface area (Å²) in [6.07, 6.45) is 5.63. The number of thioether (sulfide) groups is 1. The Morgan fingerprint density at radius 2 is 2.04 bits per heavy atom. The topological polar surface area (TPSA) is 39.3 Å². The highest BCUT2D eigenvalue weighted by Gasteiger charge is 2.29. The van der Waals surface area contributed by atoms with Crippen molar-refractivity contribution in [3.63, 3.8) is 0 Å². The van der Waals surface area contributed by atoms with Crippen LogP contribution in [0.3, 0.4) is 0 Å². The van der Waals surface area contributed by atoms with Gasteiger partial charge in [0.2, 0.25) is 0 Å². The zero-order valence-corrected chi connectivity index (χ0v) is 14.9. The van der Waals surface area contributed by atoms with Crippen molar-refractivity contribution in [1.82, 2.24) is 14.8 Å². The molecule has 0 saturated carbocycles. The minimum Gasteiger partial charge on any atom is -0.361 e. The number of carbonyl (C=O) groups excluding carboxylic acids is 1. The number of rotatable bonds is 3. The molecule has 2 fully saturated rings. The van der Waals surface area contributed by atoms with Crippen molar-refractivity contribution in [1.29, 1.82) is 0 Å². The second-order valence-corrected chi connectivity index (χ2v) is 8.02. The minimum absolute atomic E-state index is 0.199. The van der Waals surface area contributed by atoms with Gasteiger partial charge in [0.25, 0.3) is 5.91 Å². The summed E-state index contributed by atoms with van der Waals surface area (Å²) in [5.74, 6) is 2.43. The Kier molecular flexibility index (Phi) is 4.81. The molecule has 1 N–H and O–H groups in total. The zero-order chi connectivity index (χ0) is 16.4. The fourth-order valence-electron chi connectivity index (χ4n) is 3.86. The van der Waals surface area contributed by atoms with Gasteiger partial charge in [0, 0.05) is 41.5 Å². The number of benzene rings is 1. The van der Waals surface area contributed by atoms with Crippen molar-refractivity contribution < 1.29 is 4.79 Å². The molecule has 5 heteroatoms. The SMILES string of the molecule is O=C(c1ccc2[nH]ccc2c1)N1CCCSC[C@@H]1CN1CCCC1. The quantitative estimate of drug-likeness (QED) is 0.930. The van der Waals surface area contributed by atoms with Crippen molar-refractivity contribution in [3.8, 4) is 0 Å². The molecule has 4 nitrogen and oxygen atoms in total. The first-order valence-corrected chi connectivity index (χ1v) is 10.1. The van der Waals surface area contributed by atoms with E-state index in [4.69, 9.17) is 0 Å². The van der Waals surface area contributed by atoms with Crippen LogP contribution in [-0.2, 0) is 0 Å². The molecule has 1 amide bonds. The predicted molar refractivity (Wildman–Crippen MR) is 101 cm³/mol. The molecule has 2 aliphatic rings. The van der Waals surface area contributed by atoms with Crippen molar-refractivity contribution >= 4 is 28.6 Å². The summed E-state index contributed by atoms with van der Waals surface area (Å²) >= 11 is 2.00. The summed E-state index contributed by atoms with van der Waals surface area (Å²) in [4.78, 5) is 21.1. The molecule has 0 radical (unpaired) electrons. The van der Waals surface area contributed by atoms with E-state index < -0.39 is 0 Å². The highest BCUT2D eigenvalue weighted by molar-refractivity contribution is 7.99. The van der Waals surface area contributed by atoms with Gasteiger partial charge in [-0.05, 0) is 62.4 Å². The van der Waals surface area contributed by atoms with Gasteiger partial charge < -0.3 is 14.8 Å². The first-order chi connectivity index (χ1) is 11.8. The van der Waals surface area contributed by atoms with E-state index >= 15 is 0 Å². The maximum atomic E-state index is 13.2. The Bertz CT molecular complexity index is 707. The number of nitrogens with zero attached hydrogens (tertiary/aromatic N) is 2. The lowest BCUT2D eigenvalue weighted by Crippen LogP contribution is -2.47. The zero-order valence-electron chi connectivity index (χ0n) is 14.0. The van der Waals surface area contributed by atoms with Crippen LogP contribution in [0.2, 0.25) is 0 Å². The van der Waals surface area contributed by atoms with Crippen LogP contribution in [-0.4, -0.2) is 64.4 Å². The number of aromatic amines is 1.